The van der Waals surface area contributed by atoms with E-state index >= 15 is 0 Å². The fourth-order valence-corrected chi connectivity index (χ4v) is 2.37. The number of pyridine rings is 1. The first kappa shape index (κ1) is 13.6. The second-order valence-corrected chi connectivity index (χ2v) is 5.35. The van der Waals surface area contributed by atoms with Gasteiger partial charge >= 0.3 is 0 Å². The molecule has 0 spiro atoms. The number of amides is 1. The van der Waals surface area contributed by atoms with Crippen LogP contribution in [0.15, 0.2) is 59.5 Å². The number of hydrogen-bond donors (Lipinski definition) is 2. The number of anilines is 1. The van der Waals surface area contributed by atoms with Crippen LogP contribution in [0.25, 0.3) is 10.9 Å². The smallest absolute Gasteiger partial charge is 0.255 e. The van der Waals surface area contributed by atoms with Gasteiger partial charge in [-0.3, -0.25) is 9.78 Å². The Morgan fingerprint density at radius 1 is 1.10 bits per heavy atom. The summed E-state index contributed by atoms with van der Waals surface area (Å²) in [6, 6.07) is 16.8. The van der Waals surface area contributed by atoms with Crippen LogP contribution in [0.3, 0.4) is 0 Å². The lowest BCUT2D eigenvalue weighted by molar-refractivity contribution is 0.102. The molecule has 0 fully saturated rings. The van der Waals surface area contributed by atoms with E-state index in [1.807, 2.05) is 37.3 Å². The molecular formula is C17H14N2OS. The Balaban J connectivity index is 1.98. The Labute approximate surface area is 128 Å². The molecule has 0 saturated heterocycles. The lowest BCUT2D eigenvalue weighted by atomic mass is 10.1. The average molecular weight is 294 g/mol. The lowest BCUT2D eigenvalue weighted by Crippen LogP contribution is -2.12. The summed E-state index contributed by atoms with van der Waals surface area (Å²) in [6.07, 6.45) is 0. The third-order valence-corrected chi connectivity index (χ3v) is 3.52. The van der Waals surface area contributed by atoms with Crippen LogP contribution in [0.2, 0.25) is 0 Å². The topological polar surface area (TPSA) is 42.0 Å². The van der Waals surface area contributed by atoms with Crippen molar-refractivity contribution in [3.05, 3.63) is 65.9 Å². The summed E-state index contributed by atoms with van der Waals surface area (Å²) in [4.78, 5) is 17.6. The fraction of sp³-hybridized carbons (Fsp3) is 0.0588. The Kier molecular flexibility index (Phi) is 3.62. The number of para-hydroxylation sites is 1. The van der Waals surface area contributed by atoms with Gasteiger partial charge in [0.05, 0.1) is 11.2 Å². The van der Waals surface area contributed by atoms with Crippen molar-refractivity contribution in [2.45, 2.75) is 11.8 Å². The largest absolute Gasteiger partial charge is 0.321 e. The summed E-state index contributed by atoms with van der Waals surface area (Å²) in [6.45, 7) is 1.91. The molecule has 0 aliphatic heterocycles. The van der Waals surface area contributed by atoms with Crippen molar-refractivity contribution >= 4 is 35.1 Å². The minimum Gasteiger partial charge on any atom is -0.321 e. The number of carbonyl (C=O) groups excluding carboxylic acids is 1. The normalized spacial score (nSPS) is 10.6. The first-order valence-electron chi connectivity index (χ1n) is 6.60. The Hall–Kier alpha value is -2.33. The fourth-order valence-electron chi connectivity index (χ4n) is 2.22. The number of rotatable bonds is 2. The number of thiol groups is 1. The van der Waals surface area contributed by atoms with Crippen molar-refractivity contribution in [2.24, 2.45) is 0 Å². The van der Waals surface area contributed by atoms with Gasteiger partial charge in [-0.2, -0.15) is 0 Å². The molecule has 3 rings (SSSR count). The van der Waals surface area contributed by atoms with E-state index < -0.39 is 0 Å². The maximum Gasteiger partial charge on any atom is 0.255 e. The number of aryl methyl sites for hydroxylation is 1. The minimum atomic E-state index is -0.140. The van der Waals surface area contributed by atoms with E-state index in [-0.39, 0.29) is 5.91 Å². The van der Waals surface area contributed by atoms with Crippen LogP contribution in [0.5, 0.6) is 0 Å². The summed E-state index contributed by atoms with van der Waals surface area (Å²) < 4.78 is 0. The molecule has 0 aliphatic rings. The number of aromatic nitrogens is 1. The molecule has 3 aromatic rings. The summed E-state index contributed by atoms with van der Waals surface area (Å²) in [5, 5.41) is 3.89. The van der Waals surface area contributed by atoms with Gasteiger partial charge in [0.25, 0.3) is 5.91 Å². The summed E-state index contributed by atoms with van der Waals surface area (Å²) >= 11 is 4.22. The molecule has 104 valence electrons. The minimum absolute atomic E-state index is 0.140. The molecule has 1 aromatic heterocycles. The van der Waals surface area contributed by atoms with Gasteiger partial charge < -0.3 is 5.32 Å². The van der Waals surface area contributed by atoms with Crippen molar-refractivity contribution in [3.8, 4) is 0 Å². The van der Waals surface area contributed by atoms with Crippen LogP contribution >= 0.6 is 12.6 Å². The predicted molar refractivity (Wildman–Crippen MR) is 88.1 cm³/mol. The van der Waals surface area contributed by atoms with E-state index in [9.17, 15) is 4.79 Å². The Morgan fingerprint density at radius 2 is 1.81 bits per heavy atom. The first-order chi connectivity index (χ1) is 10.1. The number of nitrogens with zero attached hydrogens (tertiary/aromatic N) is 1. The van der Waals surface area contributed by atoms with Gasteiger partial charge in [-0.15, -0.1) is 12.6 Å². The van der Waals surface area contributed by atoms with Crippen molar-refractivity contribution in [3.63, 3.8) is 0 Å². The zero-order chi connectivity index (χ0) is 14.8. The molecule has 0 aliphatic carbocycles. The highest BCUT2D eigenvalue weighted by atomic mass is 32.1. The van der Waals surface area contributed by atoms with E-state index in [1.165, 1.54) is 0 Å². The molecule has 3 nitrogen and oxygen atoms in total. The van der Waals surface area contributed by atoms with Crippen LogP contribution in [0.4, 0.5) is 5.69 Å². The van der Waals surface area contributed by atoms with E-state index in [1.54, 1.807) is 24.3 Å². The Bertz CT molecular complexity index is 813. The molecule has 0 bridgehead atoms. The van der Waals surface area contributed by atoms with Gasteiger partial charge in [0.2, 0.25) is 0 Å². The number of hydrogen-bond acceptors (Lipinski definition) is 3. The molecule has 1 heterocycles. The van der Waals surface area contributed by atoms with Crippen LogP contribution in [-0.2, 0) is 0 Å². The molecular weight excluding hydrogens is 280 g/mol. The molecule has 2 aromatic carbocycles. The number of benzene rings is 2. The quantitative estimate of drug-likeness (QED) is 0.699. The number of fused-ring (bicyclic) bond motifs is 1. The molecule has 4 heteroatoms. The molecule has 0 atom stereocenters. The van der Waals surface area contributed by atoms with Gasteiger partial charge in [-0.1, -0.05) is 18.2 Å². The Morgan fingerprint density at radius 3 is 2.57 bits per heavy atom. The maximum atomic E-state index is 12.3. The standard InChI is InChI=1S/C17H14N2OS/c1-11-10-16(14-4-2-3-5-15(14)18-11)19-17(20)12-6-8-13(21)9-7-12/h2-10,21H,1H3,(H,18,19,20). The second kappa shape index (κ2) is 5.58. The third kappa shape index (κ3) is 2.90. The van der Waals surface area contributed by atoms with Crippen molar-refractivity contribution in [1.29, 1.82) is 0 Å². The van der Waals surface area contributed by atoms with Crippen molar-refractivity contribution in [2.75, 3.05) is 5.32 Å². The second-order valence-electron chi connectivity index (χ2n) is 4.83. The molecule has 0 unspecified atom stereocenters. The van der Waals surface area contributed by atoms with Crippen LogP contribution in [0.1, 0.15) is 16.1 Å². The summed E-state index contributed by atoms with van der Waals surface area (Å²) in [5.74, 6) is -0.140. The van der Waals surface area contributed by atoms with Gasteiger partial charge in [0, 0.05) is 21.5 Å². The van der Waals surface area contributed by atoms with Crippen molar-refractivity contribution < 1.29 is 4.79 Å². The van der Waals surface area contributed by atoms with E-state index in [4.69, 9.17) is 0 Å². The monoisotopic (exact) mass is 294 g/mol. The molecule has 21 heavy (non-hydrogen) atoms. The number of carbonyl (C=O) groups is 1. The molecule has 0 saturated carbocycles. The summed E-state index contributed by atoms with van der Waals surface area (Å²) in [5.41, 5.74) is 3.12. The molecule has 1 N–H and O–H groups in total. The third-order valence-electron chi connectivity index (χ3n) is 3.22. The van der Waals surface area contributed by atoms with E-state index in [0.29, 0.717) is 5.56 Å². The van der Waals surface area contributed by atoms with Gasteiger partial charge in [-0.25, -0.2) is 0 Å². The maximum absolute atomic E-state index is 12.3. The zero-order valence-corrected chi connectivity index (χ0v) is 12.4. The van der Waals surface area contributed by atoms with Gasteiger partial charge in [0.1, 0.15) is 0 Å². The highest BCUT2D eigenvalue weighted by molar-refractivity contribution is 7.80. The average Bonchev–Trinajstić information content (AvgIpc) is 2.47. The SMILES string of the molecule is Cc1cc(NC(=O)c2ccc(S)cc2)c2ccccc2n1. The number of nitrogens with one attached hydrogen (secondary N) is 1. The molecule has 1 amide bonds. The van der Waals surface area contributed by atoms with Crippen LogP contribution in [-0.4, -0.2) is 10.9 Å². The van der Waals surface area contributed by atoms with Gasteiger partial charge in [0.15, 0.2) is 0 Å². The summed E-state index contributed by atoms with van der Waals surface area (Å²) in [7, 11) is 0. The highest BCUT2D eigenvalue weighted by Gasteiger charge is 2.09. The van der Waals surface area contributed by atoms with E-state index in [0.717, 1.165) is 27.2 Å². The van der Waals surface area contributed by atoms with E-state index in [2.05, 4.69) is 22.9 Å². The van der Waals surface area contributed by atoms with Crippen LogP contribution in [0, 0.1) is 6.92 Å². The first-order valence-corrected chi connectivity index (χ1v) is 7.05. The predicted octanol–water partition coefficient (Wildman–Crippen LogP) is 4.08. The molecule has 0 radical (unpaired) electrons. The van der Waals surface area contributed by atoms with Crippen molar-refractivity contribution in [1.82, 2.24) is 4.98 Å². The zero-order valence-electron chi connectivity index (χ0n) is 11.5. The van der Waals surface area contributed by atoms with Crippen LogP contribution < -0.4 is 5.32 Å². The van der Waals surface area contributed by atoms with Gasteiger partial charge in [-0.05, 0) is 43.3 Å². The lowest BCUT2D eigenvalue weighted by Gasteiger charge is -2.10. The highest BCUT2D eigenvalue weighted by Crippen LogP contribution is 2.23.